The second-order valence-electron chi connectivity index (χ2n) is 10.1. The van der Waals surface area contributed by atoms with Gasteiger partial charge in [0.15, 0.2) is 0 Å². The molecule has 192 valence electrons. The number of nitrogens with one attached hydrogen (secondary N) is 1. The molecule has 2 amide bonds. The van der Waals surface area contributed by atoms with Crippen LogP contribution in [0.25, 0.3) is 5.69 Å². The first-order valence-corrected chi connectivity index (χ1v) is 14.1. The Balaban J connectivity index is 1.66. The van der Waals surface area contributed by atoms with Gasteiger partial charge in [-0.25, -0.2) is 4.68 Å². The molecule has 0 spiro atoms. The molecule has 5 rings (SSSR count). The molecule has 0 radical (unpaired) electrons. The van der Waals surface area contributed by atoms with Crippen LogP contribution in [0.3, 0.4) is 0 Å². The molecule has 3 aromatic heterocycles. The molecule has 1 aliphatic rings. The van der Waals surface area contributed by atoms with Crippen molar-refractivity contribution in [1.82, 2.24) is 15.1 Å². The summed E-state index contributed by atoms with van der Waals surface area (Å²) in [6.07, 6.45) is 1.57. The third kappa shape index (κ3) is 5.10. The molecule has 0 aliphatic carbocycles. The van der Waals surface area contributed by atoms with E-state index in [1.807, 2.05) is 41.9 Å². The van der Waals surface area contributed by atoms with Gasteiger partial charge in [-0.05, 0) is 42.1 Å². The number of thiophene rings is 1. The minimum absolute atomic E-state index is 0.0675. The molecular weight excluding hydrogens is 504 g/mol. The number of carbonyl (C=O) groups excluding carboxylic acids is 2. The quantitative estimate of drug-likeness (QED) is 0.347. The number of hydrogen-bond acceptors (Lipinski definition) is 6. The van der Waals surface area contributed by atoms with Crippen LogP contribution in [0.4, 0.5) is 5.82 Å². The number of para-hydroxylation sites is 1. The molecule has 1 N–H and O–H groups in total. The van der Waals surface area contributed by atoms with E-state index in [0.29, 0.717) is 11.6 Å². The van der Waals surface area contributed by atoms with Crippen molar-refractivity contribution >= 4 is 40.7 Å². The highest BCUT2D eigenvalue weighted by atomic mass is 32.2. The van der Waals surface area contributed by atoms with Gasteiger partial charge in [0.25, 0.3) is 0 Å². The first-order chi connectivity index (χ1) is 17.7. The van der Waals surface area contributed by atoms with Gasteiger partial charge in [-0.2, -0.15) is 5.10 Å². The van der Waals surface area contributed by atoms with E-state index in [9.17, 15) is 9.59 Å². The van der Waals surface area contributed by atoms with Crippen LogP contribution >= 0.6 is 23.1 Å². The number of amides is 2. The predicted molar refractivity (Wildman–Crippen MR) is 149 cm³/mol. The van der Waals surface area contributed by atoms with Gasteiger partial charge in [0.05, 0.1) is 35.2 Å². The van der Waals surface area contributed by atoms with Crippen molar-refractivity contribution in [2.75, 3.05) is 17.2 Å². The molecule has 0 saturated heterocycles. The Kier molecular flexibility index (Phi) is 7.00. The lowest BCUT2D eigenvalue weighted by molar-refractivity contribution is -0.123. The maximum absolute atomic E-state index is 13.7. The molecule has 1 unspecified atom stereocenters. The van der Waals surface area contributed by atoms with Gasteiger partial charge in [-0.15, -0.1) is 23.1 Å². The SMILES string of the molecule is Cc1ccccc1-n1nc(C(C)(C)C)c2c1N(CC(=O)NCc1ccco1)C(=O)CSC2c1cccs1. The van der Waals surface area contributed by atoms with E-state index in [0.717, 1.165) is 27.4 Å². The number of aryl methyl sites for hydroxylation is 1. The van der Waals surface area contributed by atoms with E-state index < -0.39 is 0 Å². The summed E-state index contributed by atoms with van der Waals surface area (Å²) in [7, 11) is 0. The fourth-order valence-corrected chi connectivity index (χ4v) is 6.68. The fraction of sp³-hybridized carbons (Fsp3) is 0.321. The van der Waals surface area contributed by atoms with Crippen LogP contribution in [0.1, 0.15) is 53.5 Å². The lowest BCUT2D eigenvalue weighted by Crippen LogP contribution is -2.42. The van der Waals surface area contributed by atoms with Crippen LogP contribution < -0.4 is 10.2 Å². The van der Waals surface area contributed by atoms with Crippen molar-refractivity contribution < 1.29 is 14.0 Å². The van der Waals surface area contributed by atoms with E-state index in [1.54, 1.807) is 46.4 Å². The highest BCUT2D eigenvalue weighted by molar-refractivity contribution is 8.00. The largest absolute Gasteiger partial charge is 0.467 e. The summed E-state index contributed by atoms with van der Waals surface area (Å²) in [5.41, 5.74) is 3.56. The Labute approximate surface area is 224 Å². The smallest absolute Gasteiger partial charge is 0.240 e. The lowest BCUT2D eigenvalue weighted by atomic mass is 9.88. The summed E-state index contributed by atoms with van der Waals surface area (Å²) in [6.45, 7) is 8.61. The fourth-order valence-electron chi connectivity index (χ4n) is 4.51. The number of carbonyl (C=O) groups is 2. The van der Waals surface area contributed by atoms with Crippen molar-refractivity contribution in [3.8, 4) is 5.69 Å². The number of fused-ring (bicyclic) bond motifs is 1. The lowest BCUT2D eigenvalue weighted by Gasteiger charge is -2.24. The van der Waals surface area contributed by atoms with Crippen LogP contribution in [-0.4, -0.2) is 33.9 Å². The van der Waals surface area contributed by atoms with Crippen molar-refractivity contribution in [2.45, 2.75) is 44.9 Å². The highest BCUT2D eigenvalue weighted by Crippen LogP contribution is 2.49. The maximum atomic E-state index is 13.7. The van der Waals surface area contributed by atoms with Crippen molar-refractivity contribution in [3.63, 3.8) is 0 Å². The average Bonchev–Trinajstić information content (AvgIpc) is 3.62. The summed E-state index contributed by atoms with van der Waals surface area (Å²) < 4.78 is 7.22. The molecule has 4 heterocycles. The van der Waals surface area contributed by atoms with E-state index in [2.05, 4.69) is 37.5 Å². The number of anilines is 1. The van der Waals surface area contributed by atoms with Gasteiger partial charge in [-0.1, -0.05) is 45.0 Å². The van der Waals surface area contributed by atoms with E-state index >= 15 is 0 Å². The zero-order valence-electron chi connectivity index (χ0n) is 21.4. The number of aromatic nitrogens is 2. The Morgan fingerprint density at radius 3 is 2.65 bits per heavy atom. The van der Waals surface area contributed by atoms with Crippen LogP contribution in [0.15, 0.2) is 64.6 Å². The van der Waals surface area contributed by atoms with Crippen LogP contribution in [0.2, 0.25) is 0 Å². The zero-order chi connectivity index (χ0) is 26.2. The minimum atomic E-state index is -0.283. The monoisotopic (exact) mass is 534 g/mol. The van der Waals surface area contributed by atoms with Crippen LogP contribution in [-0.2, 0) is 21.5 Å². The van der Waals surface area contributed by atoms with E-state index in [1.165, 1.54) is 0 Å². The molecule has 1 atom stereocenters. The van der Waals surface area contributed by atoms with Crippen molar-refractivity contribution in [3.05, 3.63) is 87.6 Å². The number of nitrogens with zero attached hydrogens (tertiary/aromatic N) is 3. The molecule has 7 nitrogen and oxygen atoms in total. The minimum Gasteiger partial charge on any atom is -0.467 e. The summed E-state index contributed by atoms with van der Waals surface area (Å²) >= 11 is 3.27. The third-order valence-corrected chi connectivity index (χ3v) is 8.61. The molecule has 0 fully saturated rings. The highest BCUT2D eigenvalue weighted by Gasteiger charge is 2.40. The number of rotatable bonds is 6. The number of furan rings is 1. The summed E-state index contributed by atoms with van der Waals surface area (Å²) in [5.74, 6) is 1.21. The van der Waals surface area contributed by atoms with Crippen LogP contribution in [0, 0.1) is 6.92 Å². The average molecular weight is 535 g/mol. The second-order valence-corrected chi connectivity index (χ2v) is 12.1. The Bertz CT molecular complexity index is 1400. The van der Waals surface area contributed by atoms with Gasteiger partial charge >= 0.3 is 0 Å². The van der Waals surface area contributed by atoms with Gasteiger partial charge in [0.1, 0.15) is 18.1 Å². The van der Waals surface area contributed by atoms with E-state index in [-0.39, 0.29) is 41.3 Å². The molecule has 0 bridgehead atoms. The molecule has 1 aliphatic heterocycles. The van der Waals surface area contributed by atoms with Crippen molar-refractivity contribution in [1.29, 1.82) is 0 Å². The standard InChI is InChI=1S/C28H30N4O3S2/c1-18-9-5-6-11-20(18)32-27-24(26(30-32)28(2,3)4)25(21-12-8-14-36-21)37-17-23(34)31(27)16-22(33)29-15-19-10-7-13-35-19/h5-14,25H,15-17H2,1-4H3,(H,29,33). The van der Waals surface area contributed by atoms with E-state index in [4.69, 9.17) is 9.52 Å². The number of hydrogen-bond donors (Lipinski definition) is 1. The third-order valence-electron chi connectivity index (χ3n) is 6.29. The predicted octanol–water partition coefficient (Wildman–Crippen LogP) is 5.62. The molecule has 4 aromatic rings. The summed E-state index contributed by atoms with van der Waals surface area (Å²) in [4.78, 5) is 29.6. The van der Waals surface area contributed by atoms with Gasteiger partial charge < -0.3 is 9.73 Å². The second kappa shape index (κ2) is 10.2. The molecule has 9 heteroatoms. The Morgan fingerprint density at radius 2 is 1.97 bits per heavy atom. The van der Waals surface area contributed by atoms with Gasteiger partial charge in [-0.3, -0.25) is 14.5 Å². The Hall–Kier alpha value is -3.30. The molecule has 0 saturated carbocycles. The van der Waals surface area contributed by atoms with Gasteiger partial charge in [0.2, 0.25) is 11.8 Å². The molecule has 37 heavy (non-hydrogen) atoms. The first-order valence-electron chi connectivity index (χ1n) is 12.2. The zero-order valence-corrected chi connectivity index (χ0v) is 23.0. The normalized spacial score (nSPS) is 15.9. The van der Waals surface area contributed by atoms with Crippen LogP contribution in [0.5, 0.6) is 0 Å². The summed E-state index contributed by atoms with van der Waals surface area (Å²) in [5, 5.41) is 10.0. The molecule has 1 aromatic carbocycles. The topological polar surface area (TPSA) is 80.4 Å². The van der Waals surface area contributed by atoms with Crippen molar-refractivity contribution in [2.24, 2.45) is 0 Å². The number of benzene rings is 1. The first kappa shape index (κ1) is 25.4. The molecular formula is C28H30N4O3S2. The Morgan fingerprint density at radius 1 is 1.16 bits per heavy atom. The van der Waals surface area contributed by atoms with Gasteiger partial charge in [0, 0.05) is 15.9 Å². The maximum Gasteiger partial charge on any atom is 0.240 e. The summed E-state index contributed by atoms with van der Waals surface area (Å²) in [6, 6.07) is 15.7. The number of thioether (sulfide) groups is 1.